The summed E-state index contributed by atoms with van der Waals surface area (Å²) in [4.78, 5) is 27.2. The molecule has 0 aliphatic carbocycles. The summed E-state index contributed by atoms with van der Waals surface area (Å²) in [6, 6.07) is 10.0. The maximum Gasteiger partial charge on any atom is 0.347 e. The first kappa shape index (κ1) is 21.7. The van der Waals surface area contributed by atoms with Gasteiger partial charge in [0.2, 0.25) is 0 Å². The van der Waals surface area contributed by atoms with Gasteiger partial charge in [0, 0.05) is 13.1 Å². The summed E-state index contributed by atoms with van der Waals surface area (Å²) < 4.78 is 9.85. The molecule has 0 amide bonds. The summed E-state index contributed by atoms with van der Waals surface area (Å²) in [7, 11) is 2.56. The lowest BCUT2D eigenvalue weighted by Crippen LogP contribution is -2.33. The summed E-state index contributed by atoms with van der Waals surface area (Å²) in [5, 5.41) is 0. The van der Waals surface area contributed by atoms with Crippen molar-refractivity contribution in [3.8, 4) is 0 Å². The second kappa shape index (κ2) is 9.58. The second-order valence-corrected chi connectivity index (χ2v) is 7.97. The fourth-order valence-corrected chi connectivity index (χ4v) is 3.44. The number of nitrogens with zero attached hydrogens (tertiary/aromatic N) is 1. The normalized spacial score (nSPS) is 15.0. The number of methoxy groups -OCH3 is 2. The van der Waals surface area contributed by atoms with Crippen LogP contribution in [0.3, 0.4) is 0 Å². The maximum atomic E-state index is 12.5. The minimum absolute atomic E-state index is 0.0513. The highest BCUT2D eigenvalue weighted by Gasteiger charge is 2.30. The highest BCUT2D eigenvalue weighted by molar-refractivity contribution is 6.15. The summed E-state index contributed by atoms with van der Waals surface area (Å²) in [5.41, 5.74) is 2.43. The lowest BCUT2D eigenvalue weighted by atomic mass is 9.81. The molecular weight excluding hydrogens is 354 g/mol. The van der Waals surface area contributed by atoms with Gasteiger partial charge in [-0.1, -0.05) is 51.1 Å². The largest absolute Gasteiger partial charge is 0.465 e. The first-order chi connectivity index (χ1) is 13.3. The van der Waals surface area contributed by atoms with E-state index in [0.717, 1.165) is 43.5 Å². The second-order valence-electron chi connectivity index (χ2n) is 7.97. The number of carbonyl (C=O) groups is 2. The number of hydrogen-bond acceptors (Lipinski definition) is 5. The lowest BCUT2D eigenvalue weighted by Gasteiger charge is -2.33. The van der Waals surface area contributed by atoms with Gasteiger partial charge in [-0.3, -0.25) is 0 Å². The van der Waals surface area contributed by atoms with Crippen molar-refractivity contribution in [3.05, 3.63) is 53.2 Å². The number of esters is 2. The Kier molecular flexibility index (Phi) is 7.44. The van der Waals surface area contributed by atoms with E-state index in [1.165, 1.54) is 14.2 Å². The van der Waals surface area contributed by atoms with Crippen LogP contribution in [0.15, 0.2) is 47.7 Å². The summed E-state index contributed by atoms with van der Waals surface area (Å²) in [6.45, 7) is 7.94. The molecule has 1 saturated heterocycles. The van der Waals surface area contributed by atoms with Crippen LogP contribution in [0.4, 0.5) is 0 Å². The van der Waals surface area contributed by atoms with Gasteiger partial charge in [-0.2, -0.15) is 0 Å². The SMILES string of the molecule is COC(=O)C(C(=O)OC)=C(/C=C(/c1ccccc1)C(C)(C)C)N1CCCCC1. The van der Waals surface area contributed by atoms with Crippen molar-refractivity contribution >= 4 is 17.5 Å². The van der Waals surface area contributed by atoms with Gasteiger partial charge in [0.15, 0.2) is 5.57 Å². The molecule has 0 atom stereocenters. The molecule has 5 heteroatoms. The van der Waals surface area contributed by atoms with Crippen LogP contribution in [0, 0.1) is 5.41 Å². The zero-order chi connectivity index (χ0) is 20.7. The number of piperidine rings is 1. The van der Waals surface area contributed by atoms with Crippen molar-refractivity contribution in [2.45, 2.75) is 40.0 Å². The van der Waals surface area contributed by atoms with Gasteiger partial charge in [0.1, 0.15) is 0 Å². The minimum atomic E-state index is -0.676. The van der Waals surface area contributed by atoms with E-state index in [1.54, 1.807) is 0 Å². The molecule has 0 bridgehead atoms. The van der Waals surface area contributed by atoms with E-state index in [-0.39, 0.29) is 11.0 Å². The van der Waals surface area contributed by atoms with E-state index in [1.807, 2.05) is 36.4 Å². The monoisotopic (exact) mass is 385 g/mol. The third-order valence-corrected chi connectivity index (χ3v) is 4.91. The van der Waals surface area contributed by atoms with Crippen LogP contribution >= 0.6 is 0 Å². The Labute approximate surface area is 168 Å². The van der Waals surface area contributed by atoms with Gasteiger partial charge in [-0.25, -0.2) is 9.59 Å². The quantitative estimate of drug-likeness (QED) is 0.250. The van der Waals surface area contributed by atoms with Gasteiger partial charge >= 0.3 is 11.9 Å². The van der Waals surface area contributed by atoms with Gasteiger partial charge in [0.25, 0.3) is 0 Å². The molecule has 0 saturated carbocycles. The van der Waals surface area contributed by atoms with E-state index >= 15 is 0 Å². The van der Waals surface area contributed by atoms with Gasteiger partial charge in [-0.15, -0.1) is 0 Å². The third kappa shape index (κ3) is 5.24. The highest BCUT2D eigenvalue weighted by atomic mass is 16.5. The Morgan fingerprint density at radius 2 is 1.46 bits per heavy atom. The van der Waals surface area contributed by atoms with Gasteiger partial charge in [0.05, 0.1) is 19.9 Å². The predicted octanol–water partition coefficient (Wildman–Crippen LogP) is 4.20. The fraction of sp³-hybridized carbons (Fsp3) is 0.478. The first-order valence-electron chi connectivity index (χ1n) is 9.73. The molecule has 0 radical (unpaired) electrons. The molecule has 0 aromatic heterocycles. The highest BCUT2D eigenvalue weighted by Crippen LogP contribution is 2.36. The number of allylic oxidation sites excluding steroid dienone is 2. The standard InChI is InChI=1S/C23H31NO4/c1-23(2,3)18(17-12-8-6-9-13-17)16-19(24-14-10-7-11-15-24)20(21(25)27-4)22(26)28-5/h6,8-9,12-13,16H,7,10-11,14-15H2,1-5H3/b18-16-. The topological polar surface area (TPSA) is 55.8 Å². The molecule has 152 valence electrons. The molecule has 28 heavy (non-hydrogen) atoms. The number of ether oxygens (including phenoxy) is 2. The van der Waals surface area contributed by atoms with Crippen LogP contribution in [0.5, 0.6) is 0 Å². The van der Waals surface area contributed by atoms with Crippen molar-refractivity contribution in [3.63, 3.8) is 0 Å². The smallest absolute Gasteiger partial charge is 0.347 e. The van der Waals surface area contributed by atoms with E-state index < -0.39 is 11.9 Å². The Morgan fingerprint density at radius 1 is 0.929 bits per heavy atom. The van der Waals surface area contributed by atoms with E-state index in [0.29, 0.717) is 5.70 Å². The minimum Gasteiger partial charge on any atom is -0.465 e. The molecule has 1 aliphatic rings. The number of carbonyl (C=O) groups excluding carboxylic acids is 2. The molecule has 0 N–H and O–H groups in total. The molecule has 1 aliphatic heterocycles. The Bertz CT molecular complexity index is 733. The Hall–Kier alpha value is -2.56. The zero-order valence-electron chi connectivity index (χ0n) is 17.6. The molecule has 2 rings (SSSR count). The molecule has 1 aromatic rings. The number of hydrogen-bond donors (Lipinski definition) is 0. The van der Waals surface area contributed by atoms with Gasteiger partial charge in [-0.05, 0) is 41.9 Å². The van der Waals surface area contributed by atoms with Crippen molar-refractivity contribution < 1.29 is 19.1 Å². The molecule has 5 nitrogen and oxygen atoms in total. The van der Waals surface area contributed by atoms with Crippen LogP contribution in [0.25, 0.3) is 5.57 Å². The molecule has 1 heterocycles. The predicted molar refractivity (Wildman–Crippen MR) is 110 cm³/mol. The first-order valence-corrected chi connectivity index (χ1v) is 9.73. The van der Waals surface area contributed by atoms with E-state index in [2.05, 4.69) is 25.7 Å². The Morgan fingerprint density at radius 3 is 1.93 bits per heavy atom. The number of likely N-dealkylation sites (tertiary alicyclic amines) is 1. The lowest BCUT2D eigenvalue weighted by molar-refractivity contribution is -0.144. The third-order valence-electron chi connectivity index (χ3n) is 4.91. The fourth-order valence-electron chi connectivity index (χ4n) is 3.44. The molecule has 0 unspecified atom stereocenters. The van der Waals surface area contributed by atoms with Crippen molar-refractivity contribution in [1.29, 1.82) is 0 Å². The van der Waals surface area contributed by atoms with Crippen LogP contribution in [-0.4, -0.2) is 44.1 Å². The molecule has 1 fully saturated rings. The van der Waals surface area contributed by atoms with Crippen LogP contribution < -0.4 is 0 Å². The number of rotatable bonds is 5. The van der Waals surface area contributed by atoms with E-state index in [9.17, 15) is 9.59 Å². The van der Waals surface area contributed by atoms with Crippen molar-refractivity contribution in [2.75, 3.05) is 27.3 Å². The summed E-state index contributed by atoms with van der Waals surface area (Å²) >= 11 is 0. The molecular formula is C23H31NO4. The Balaban J connectivity index is 2.74. The van der Waals surface area contributed by atoms with E-state index in [4.69, 9.17) is 9.47 Å². The summed E-state index contributed by atoms with van der Waals surface area (Å²) in [6.07, 6.45) is 5.14. The van der Waals surface area contributed by atoms with Crippen LogP contribution in [0.1, 0.15) is 45.6 Å². The van der Waals surface area contributed by atoms with Crippen molar-refractivity contribution in [1.82, 2.24) is 4.90 Å². The van der Waals surface area contributed by atoms with Gasteiger partial charge < -0.3 is 14.4 Å². The van der Waals surface area contributed by atoms with Crippen LogP contribution in [0.2, 0.25) is 0 Å². The average molecular weight is 386 g/mol. The molecule has 0 spiro atoms. The van der Waals surface area contributed by atoms with Crippen molar-refractivity contribution in [2.24, 2.45) is 5.41 Å². The average Bonchev–Trinajstić information content (AvgIpc) is 2.70. The van der Waals surface area contributed by atoms with Crippen LogP contribution in [-0.2, 0) is 19.1 Å². The summed E-state index contributed by atoms with van der Waals surface area (Å²) in [5.74, 6) is -1.35. The maximum absolute atomic E-state index is 12.5. The molecule has 1 aromatic carbocycles. The number of benzene rings is 1. The zero-order valence-corrected chi connectivity index (χ0v) is 17.6.